The van der Waals surface area contributed by atoms with Crippen molar-refractivity contribution in [2.75, 3.05) is 7.05 Å². The van der Waals surface area contributed by atoms with Gasteiger partial charge in [0.15, 0.2) is 0 Å². The second-order valence-electron chi connectivity index (χ2n) is 5.29. The van der Waals surface area contributed by atoms with Gasteiger partial charge in [-0.05, 0) is 44.6 Å². The zero-order valence-corrected chi connectivity index (χ0v) is 12.2. The third kappa shape index (κ3) is 3.98. The molecule has 0 bridgehead atoms. The second-order valence-corrected chi connectivity index (χ2v) is 5.29. The predicted octanol–water partition coefficient (Wildman–Crippen LogP) is 3.84. The molecular weight excluding hydrogens is 234 g/mol. The van der Waals surface area contributed by atoms with E-state index in [1.54, 1.807) is 0 Å². The Kier molecular flexibility index (Phi) is 4.83. The van der Waals surface area contributed by atoms with Crippen LogP contribution >= 0.6 is 0 Å². The van der Waals surface area contributed by atoms with Crippen LogP contribution in [0.5, 0.6) is 0 Å². The molecule has 0 unspecified atom stereocenters. The van der Waals surface area contributed by atoms with E-state index in [-0.39, 0.29) is 0 Å². The van der Waals surface area contributed by atoms with Gasteiger partial charge in [-0.1, -0.05) is 18.9 Å². The Hall–Kier alpha value is -1.51. The minimum atomic E-state index is 0.821. The predicted molar refractivity (Wildman–Crippen MR) is 80.4 cm³/mol. The van der Waals surface area contributed by atoms with Crippen LogP contribution in [0.15, 0.2) is 22.8 Å². The topological polar surface area (TPSA) is 38.1 Å². The van der Waals surface area contributed by atoms with Crippen LogP contribution in [0.1, 0.15) is 50.5 Å². The van der Waals surface area contributed by atoms with E-state index in [0.29, 0.717) is 0 Å². The minimum Gasteiger partial charge on any atom is -0.296 e. The van der Waals surface area contributed by atoms with Gasteiger partial charge in [-0.25, -0.2) is 9.97 Å². The first-order valence-corrected chi connectivity index (χ1v) is 7.18. The molecule has 0 aliphatic heterocycles. The fraction of sp³-hybridized carbons (Fsp3) is 0.562. The highest BCUT2D eigenvalue weighted by atomic mass is 14.9. The van der Waals surface area contributed by atoms with Crippen LogP contribution < -0.4 is 0 Å². The van der Waals surface area contributed by atoms with Crippen molar-refractivity contribution in [3.63, 3.8) is 0 Å². The molecule has 0 radical (unpaired) electrons. The van der Waals surface area contributed by atoms with Gasteiger partial charge in [0.1, 0.15) is 5.82 Å². The number of hydrogen-bond acceptors (Lipinski definition) is 3. The zero-order valence-electron chi connectivity index (χ0n) is 12.2. The summed E-state index contributed by atoms with van der Waals surface area (Å²) < 4.78 is 0. The first-order valence-electron chi connectivity index (χ1n) is 7.18. The monoisotopic (exact) mass is 257 g/mol. The van der Waals surface area contributed by atoms with E-state index >= 15 is 0 Å². The van der Waals surface area contributed by atoms with Crippen molar-refractivity contribution in [2.24, 2.45) is 10.9 Å². The van der Waals surface area contributed by atoms with Crippen LogP contribution in [0.2, 0.25) is 0 Å². The quantitative estimate of drug-likeness (QED) is 0.726. The van der Waals surface area contributed by atoms with E-state index in [0.717, 1.165) is 23.9 Å². The second kappa shape index (κ2) is 6.60. The molecule has 3 nitrogen and oxygen atoms in total. The SMILES string of the molecule is CCC/C(CC1CC1)=C(\C=N/C)c1ccnc(C)n1. The van der Waals surface area contributed by atoms with Gasteiger partial charge in [0.25, 0.3) is 0 Å². The molecule has 0 aromatic carbocycles. The van der Waals surface area contributed by atoms with Crippen molar-refractivity contribution in [2.45, 2.75) is 46.0 Å². The maximum absolute atomic E-state index is 4.56. The van der Waals surface area contributed by atoms with Gasteiger partial charge >= 0.3 is 0 Å². The summed E-state index contributed by atoms with van der Waals surface area (Å²) in [4.78, 5) is 13.0. The van der Waals surface area contributed by atoms with E-state index in [2.05, 4.69) is 21.9 Å². The molecule has 0 saturated heterocycles. The molecule has 1 aliphatic carbocycles. The van der Waals surface area contributed by atoms with Gasteiger partial charge in [-0.2, -0.15) is 0 Å². The molecule has 0 amide bonds. The van der Waals surface area contributed by atoms with E-state index in [9.17, 15) is 0 Å². The van der Waals surface area contributed by atoms with E-state index < -0.39 is 0 Å². The standard InChI is InChI=1S/C16H23N3/c1-4-5-14(10-13-6-7-13)15(11-17-3)16-8-9-18-12(2)19-16/h8-9,11,13H,4-7,10H2,1-3H3/b15-14-,17-11-. The highest BCUT2D eigenvalue weighted by Gasteiger charge is 2.23. The summed E-state index contributed by atoms with van der Waals surface area (Å²) in [6.45, 7) is 4.17. The third-order valence-corrected chi connectivity index (χ3v) is 3.47. The summed E-state index contributed by atoms with van der Waals surface area (Å²) in [5, 5.41) is 0. The number of aryl methyl sites for hydroxylation is 1. The van der Waals surface area contributed by atoms with Crippen molar-refractivity contribution < 1.29 is 0 Å². The summed E-state index contributed by atoms with van der Waals surface area (Å²) in [7, 11) is 1.83. The molecule has 102 valence electrons. The van der Waals surface area contributed by atoms with Crippen LogP contribution in [0.25, 0.3) is 5.57 Å². The summed E-state index contributed by atoms with van der Waals surface area (Å²) in [6, 6.07) is 1.99. The van der Waals surface area contributed by atoms with Crippen LogP contribution in [0, 0.1) is 12.8 Å². The average molecular weight is 257 g/mol. The normalized spacial score (nSPS) is 16.8. The summed E-state index contributed by atoms with van der Waals surface area (Å²) >= 11 is 0. The first-order chi connectivity index (χ1) is 9.24. The molecule has 1 saturated carbocycles. The molecule has 0 N–H and O–H groups in total. The van der Waals surface area contributed by atoms with Crippen molar-refractivity contribution in [1.82, 2.24) is 9.97 Å². The highest BCUT2D eigenvalue weighted by molar-refractivity contribution is 6.10. The average Bonchev–Trinajstić information content (AvgIpc) is 3.19. The third-order valence-electron chi connectivity index (χ3n) is 3.47. The van der Waals surface area contributed by atoms with Gasteiger partial charge in [-0.3, -0.25) is 4.99 Å². The molecule has 1 aromatic heterocycles. The maximum Gasteiger partial charge on any atom is 0.125 e. The van der Waals surface area contributed by atoms with Crippen LogP contribution in [-0.2, 0) is 0 Å². The number of aromatic nitrogens is 2. The Morgan fingerprint density at radius 1 is 1.47 bits per heavy atom. The highest BCUT2D eigenvalue weighted by Crippen LogP contribution is 2.38. The fourth-order valence-corrected chi connectivity index (χ4v) is 2.39. The molecular formula is C16H23N3. The lowest BCUT2D eigenvalue weighted by Crippen LogP contribution is -2.00. The molecule has 1 aromatic rings. The Morgan fingerprint density at radius 2 is 2.26 bits per heavy atom. The number of hydrogen-bond donors (Lipinski definition) is 0. The van der Waals surface area contributed by atoms with Gasteiger partial charge in [-0.15, -0.1) is 0 Å². The van der Waals surface area contributed by atoms with E-state index in [4.69, 9.17) is 0 Å². The number of allylic oxidation sites excluding steroid dienone is 2. The van der Waals surface area contributed by atoms with Crippen molar-refractivity contribution in [3.8, 4) is 0 Å². The smallest absolute Gasteiger partial charge is 0.125 e. The van der Waals surface area contributed by atoms with Gasteiger partial charge in [0.05, 0.1) is 5.69 Å². The Balaban J connectivity index is 2.38. The molecule has 1 heterocycles. The molecule has 2 rings (SSSR count). The Labute approximate surface area is 115 Å². The lowest BCUT2D eigenvalue weighted by atomic mass is 9.96. The van der Waals surface area contributed by atoms with Gasteiger partial charge in [0, 0.05) is 25.0 Å². The lowest BCUT2D eigenvalue weighted by molar-refractivity contribution is 0.759. The molecule has 0 atom stereocenters. The Bertz CT molecular complexity index is 485. The molecule has 19 heavy (non-hydrogen) atoms. The molecule has 1 aliphatic rings. The zero-order chi connectivity index (χ0) is 13.7. The lowest BCUT2D eigenvalue weighted by Gasteiger charge is -2.11. The summed E-state index contributed by atoms with van der Waals surface area (Å²) in [5.74, 6) is 1.71. The summed E-state index contributed by atoms with van der Waals surface area (Å²) in [5.41, 5.74) is 3.73. The molecule has 3 heteroatoms. The van der Waals surface area contributed by atoms with Crippen LogP contribution in [0.3, 0.4) is 0 Å². The minimum absolute atomic E-state index is 0.821. The van der Waals surface area contributed by atoms with Crippen LogP contribution in [-0.4, -0.2) is 23.2 Å². The Morgan fingerprint density at radius 3 is 2.84 bits per heavy atom. The van der Waals surface area contributed by atoms with E-state index in [1.165, 1.54) is 36.8 Å². The van der Waals surface area contributed by atoms with Gasteiger partial charge < -0.3 is 0 Å². The number of aliphatic imine (C=N–C) groups is 1. The largest absolute Gasteiger partial charge is 0.296 e. The van der Waals surface area contributed by atoms with Crippen molar-refractivity contribution in [1.29, 1.82) is 0 Å². The van der Waals surface area contributed by atoms with Crippen LogP contribution in [0.4, 0.5) is 0 Å². The molecule has 1 fully saturated rings. The summed E-state index contributed by atoms with van der Waals surface area (Å²) in [6.07, 6.45) is 10.1. The number of rotatable bonds is 6. The first kappa shape index (κ1) is 13.9. The number of nitrogens with zero attached hydrogens (tertiary/aromatic N) is 3. The van der Waals surface area contributed by atoms with Crippen molar-refractivity contribution in [3.05, 3.63) is 29.4 Å². The van der Waals surface area contributed by atoms with Crippen molar-refractivity contribution >= 4 is 11.8 Å². The van der Waals surface area contributed by atoms with E-state index in [1.807, 2.05) is 32.4 Å². The van der Waals surface area contributed by atoms with Gasteiger partial charge in [0.2, 0.25) is 0 Å². The fourth-order valence-electron chi connectivity index (χ4n) is 2.39. The molecule has 0 spiro atoms. The maximum atomic E-state index is 4.56.